The van der Waals surface area contributed by atoms with E-state index in [4.69, 9.17) is 14.6 Å². The Bertz CT molecular complexity index is 449. The Hall–Kier alpha value is -1.75. The fourth-order valence-electron chi connectivity index (χ4n) is 2.37. The molecule has 1 atom stereocenters. The zero-order valence-electron chi connectivity index (χ0n) is 11.7. The highest BCUT2D eigenvalue weighted by atomic mass is 16.5. The lowest BCUT2D eigenvalue weighted by Crippen LogP contribution is -2.27. The molecule has 5 nitrogen and oxygen atoms in total. The van der Waals surface area contributed by atoms with Gasteiger partial charge in [-0.15, -0.1) is 0 Å². The number of nitrogens with zero attached hydrogens (tertiary/aromatic N) is 1. The van der Waals surface area contributed by atoms with Gasteiger partial charge in [0.25, 0.3) is 0 Å². The SMILES string of the molecule is COc1ccccc1OCCCN1CC(CO)CC1=O. The number of para-hydroxylation sites is 2. The molecule has 0 bridgehead atoms. The van der Waals surface area contributed by atoms with Crippen molar-refractivity contribution in [3.63, 3.8) is 0 Å². The molecule has 1 fully saturated rings. The summed E-state index contributed by atoms with van der Waals surface area (Å²) in [5.41, 5.74) is 0. The first kappa shape index (κ1) is 14.7. The Morgan fingerprint density at radius 2 is 2.10 bits per heavy atom. The van der Waals surface area contributed by atoms with Crippen LogP contribution in [-0.4, -0.2) is 49.3 Å². The minimum atomic E-state index is 0.0833. The Morgan fingerprint density at radius 1 is 1.35 bits per heavy atom. The lowest BCUT2D eigenvalue weighted by molar-refractivity contribution is -0.127. The molecule has 0 spiro atoms. The number of rotatable bonds is 7. The summed E-state index contributed by atoms with van der Waals surface area (Å²) < 4.78 is 10.9. The van der Waals surface area contributed by atoms with E-state index in [0.29, 0.717) is 31.9 Å². The van der Waals surface area contributed by atoms with Crippen LogP contribution in [-0.2, 0) is 4.79 Å². The lowest BCUT2D eigenvalue weighted by atomic mass is 10.1. The van der Waals surface area contributed by atoms with Gasteiger partial charge in [-0.1, -0.05) is 12.1 Å². The third-order valence-corrected chi connectivity index (χ3v) is 3.45. The number of benzene rings is 1. The number of likely N-dealkylation sites (tertiary alicyclic amines) is 1. The van der Waals surface area contributed by atoms with E-state index >= 15 is 0 Å². The standard InChI is InChI=1S/C15H21NO4/c1-19-13-5-2-3-6-14(13)20-8-4-7-16-10-12(11-17)9-15(16)18/h2-3,5-6,12,17H,4,7-11H2,1H3. The van der Waals surface area contributed by atoms with Crippen LogP contribution < -0.4 is 9.47 Å². The molecular weight excluding hydrogens is 258 g/mol. The molecule has 1 saturated heterocycles. The number of hydrogen-bond donors (Lipinski definition) is 1. The number of carbonyl (C=O) groups excluding carboxylic acids is 1. The number of amides is 1. The van der Waals surface area contributed by atoms with Crippen molar-refractivity contribution in [1.29, 1.82) is 0 Å². The predicted molar refractivity (Wildman–Crippen MR) is 74.9 cm³/mol. The number of aliphatic hydroxyl groups is 1. The van der Waals surface area contributed by atoms with Crippen LogP contribution in [0.5, 0.6) is 11.5 Å². The maximum Gasteiger partial charge on any atom is 0.223 e. The van der Waals surface area contributed by atoms with Crippen LogP contribution in [0.4, 0.5) is 0 Å². The van der Waals surface area contributed by atoms with Gasteiger partial charge in [0.15, 0.2) is 11.5 Å². The van der Waals surface area contributed by atoms with E-state index < -0.39 is 0 Å². The number of methoxy groups -OCH3 is 1. The molecule has 5 heteroatoms. The second kappa shape index (κ2) is 7.14. The van der Waals surface area contributed by atoms with Crippen molar-refractivity contribution in [3.05, 3.63) is 24.3 Å². The van der Waals surface area contributed by atoms with Gasteiger partial charge in [-0.05, 0) is 18.6 Å². The fraction of sp³-hybridized carbons (Fsp3) is 0.533. The van der Waals surface area contributed by atoms with Gasteiger partial charge in [-0.2, -0.15) is 0 Å². The molecule has 1 unspecified atom stereocenters. The third kappa shape index (κ3) is 3.63. The van der Waals surface area contributed by atoms with Crippen molar-refractivity contribution >= 4 is 5.91 Å². The summed E-state index contributed by atoms with van der Waals surface area (Å²) >= 11 is 0. The number of aliphatic hydroxyl groups excluding tert-OH is 1. The third-order valence-electron chi connectivity index (χ3n) is 3.45. The molecule has 2 rings (SSSR count). The second-order valence-electron chi connectivity index (χ2n) is 4.95. The average Bonchev–Trinajstić information content (AvgIpc) is 2.84. The molecule has 1 aromatic carbocycles. The van der Waals surface area contributed by atoms with Gasteiger partial charge >= 0.3 is 0 Å². The normalized spacial score (nSPS) is 18.4. The summed E-state index contributed by atoms with van der Waals surface area (Å²) in [5, 5.41) is 9.06. The Balaban J connectivity index is 1.73. The second-order valence-corrected chi connectivity index (χ2v) is 4.95. The van der Waals surface area contributed by atoms with Crippen LogP contribution in [0.2, 0.25) is 0 Å². The van der Waals surface area contributed by atoms with Gasteiger partial charge in [-0.3, -0.25) is 4.79 Å². The average molecular weight is 279 g/mol. The van der Waals surface area contributed by atoms with Crippen LogP contribution in [0.1, 0.15) is 12.8 Å². The number of hydrogen-bond acceptors (Lipinski definition) is 4. The molecule has 0 saturated carbocycles. The van der Waals surface area contributed by atoms with E-state index in [0.717, 1.165) is 12.2 Å². The highest BCUT2D eigenvalue weighted by Crippen LogP contribution is 2.25. The highest BCUT2D eigenvalue weighted by molar-refractivity contribution is 5.78. The Morgan fingerprint density at radius 3 is 2.75 bits per heavy atom. The first-order valence-electron chi connectivity index (χ1n) is 6.89. The smallest absolute Gasteiger partial charge is 0.223 e. The summed E-state index contributed by atoms with van der Waals surface area (Å²) in [4.78, 5) is 13.5. The molecule has 20 heavy (non-hydrogen) atoms. The summed E-state index contributed by atoms with van der Waals surface area (Å²) in [6, 6.07) is 7.50. The summed E-state index contributed by atoms with van der Waals surface area (Å²) in [6.07, 6.45) is 1.23. The largest absolute Gasteiger partial charge is 0.493 e. The topological polar surface area (TPSA) is 59.0 Å². The van der Waals surface area contributed by atoms with Gasteiger partial charge in [0, 0.05) is 32.0 Å². The van der Waals surface area contributed by atoms with Crippen molar-refractivity contribution in [2.24, 2.45) is 5.92 Å². The van der Waals surface area contributed by atoms with Crippen LogP contribution in [0.3, 0.4) is 0 Å². The molecule has 0 aromatic heterocycles. The van der Waals surface area contributed by atoms with Crippen LogP contribution in [0, 0.1) is 5.92 Å². The first-order chi connectivity index (χ1) is 9.74. The predicted octanol–water partition coefficient (Wildman–Crippen LogP) is 1.30. The quantitative estimate of drug-likeness (QED) is 0.764. The molecule has 1 amide bonds. The molecule has 0 aliphatic carbocycles. The van der Waals surface area contributed by atoms with Gasteiger partial charge in [0.1, 0.15) is 0 Å². The minimum absolute atomic E-state index is 0.0833. The fourth-order valence-corrected chi connectivity index (χ4v) is 2.37. The van der Waals surface area contributed by atoms with Crippen molar-refractivity contribution in [2.45, 2.75) is 12.8 Å². The van der Waals surface area contributed by atoms with Gasteiger partial charge in [0.05, 0.1) is 13.7 Å². The monoisotopic (exact) mass is 279 g/mol. The van der Waals surface area contributed by atoms with Gasteiger partial charge < -0.3 is 19.5 Å². The van der Waals surface area contributed by atoms with E-state index in [1.807, 2.05) is 24.3 Å². The maximum atomic E-state index is 11.7. The van der Waals surface area contributed by atoms with E-state index in [9.17, 15) is 4.79 Å². The molecular formula is C15H21NO4. The molecule has 1 aromatic rings. The Kier molecular flexibility index (Phi) is 5.24. The summed E-state index contributed by atoms with van der Waals surface area (Å²) in [5.74, 6) is 1.65. The van der Waals surface area contributed by atoms with E-state index in [1.54, 1.807) is 12.0 Å². The summed E-state index contributed by atoms with van der Waals surface area (Å²) in [7, 11) is 1.61. The highest BCUT2D eigenvalue weighted by Gasteiger charge is 2.28. The van der Waals surface area contributed by atoms with Gasteiger partial charge in [0.2, 0.25) is 5.91 Å². The zero-order valence-corrected chi connectivity index (χ0v) is 11.7. The van der Waals surface area contributed by atoms with Crippen molar-refractivity contribution in [1.82, 2.24) is 4.90 Å². The zero-order chi connectivity index (χ0) is 14.4. The van der Waals surface area contributed by atoms with E-state index in [1.165, 1.54) is 0 Å². The lowest BCUT2D eigenvalue weighted by Gasteiger charge is -2.16. The first-order valence-corrected chi connectivity index (χ1v) is 6.89. The van der Waals surface area contributed by atoms with Crippen LogP contribution in [0.25, 0.3) is 0 Å². The molecule has 1 heterocycles. The Labute approximate surface area is 119 Å². The van der Waals surface area contributed by atoms with Crippen molar-refractivity contribution in [2.75, 3.05) is 33.4 Å². The molecule has 110 valence electrons. The van der Waals surface area contributed by atoms with Crippen molar-refractivity contribution in [3.8, 4) is 11.5 Å². The molecule has 1 aliphatic rings. The number of carbonyl (C=O) groups is 1. The molecule has 0 radical (unpaired) electrons. The van der Waals surface area contributed by atoms with E-state index in [2.05, 4.69) is 0 Å². The maximum absolute atomic E-state index is 11.7. The van der Waals surface area contributed by atoms with E-state index in [-0.39, 0.29) is 18.4 Å². The van der Waals surface area contributed by atoms with Crippen LogP contribution in [0.15, 0.2) is 24.3 Å². The van der Waals surface area contributed by atoms with Crippen molar-refractivity contribution < 1.29 is 19.4 Å². The van der Waals surface area contributed by atoms with Gasteiger partial charge in [-0.25, -0.2) is 0 Å². The molecule has 1 aliphatic heterocycles. The molecule has 1 N–H and O–H groups in total. The summed E-state index contributed by atoms with van der Waals surface area (Å²) in [6.45, 7) is 1.95. The number of ether oxygens (including phenoxy) is 2. The van der Waals surface area contributed by atoms with Crippen LogP contribution >= 0.6 is 0 Å². The minimum Gasteiger partial charge on any atom is -0.493 e.